The first-order valence-electron chi connectivity index (χ1n) is 11.8. The zero-order valence-corrected chi connectivity index (χ0v) is 21.4. The Bertz CT molecular complexity index is 966. The third-order valence-electron chi connectivity index (χ3n) is 6.93. The standard InChI is InChI=1S/C24H31ClF2N2O6S/c1-10(25)16(22-19(31)18(30)20(32)24(35-22)36-2)29-23(33)17-21-13(9-28-17)5-11(3-4-34-21)12-6-14(26)8-15(27)7-12/h5-8,10,13,16-22,24,28,30-32H,3-4,9H2,1-2H3,(H,29,33)/t10-,13-,16+,17-,18+,19?,20+,21+,22+,24?/m0/s1. The molecule has 0 saturated carbocycles. The number of nitrogens with one attached hydrogen (secondary N) is 2. The van der Waals surface area contributed by atoms with Crippen LogP contribution in [0, 0.1) is 17.6 Å². The van der Waals surface area contributed by atoms with Crippen LogP contribution >= 0.6 is 23.4 Å². The lowest BCUT2D eigenvalue weighted by molar-refractivity contribution is -0.205. The van der Waals surface area contributed by atoms with E-state index in [9.17, 15) is 28.9 Å². The molecule has 0 aromatic heterocycles. The zero-order valence-electron chi connectivity index (χ0n) is 19.8. The zero-order chi connectivity index (χ0) is 26.1. The van der Waals surface area contributed by atoms with Crippen molar-refractivity contribution in [3.63, 3.8) is 0 Å². The quantitative estimate of drug-likeness (QED) is 0.334. The van der Waals surface area contributed by atoms with Gasteiger partial charge in [-0.25, -0.2) is 8.78 Å². The minimum Gasteiger partial charge on any atom is -0.388 e. The van der Waals surface area contributed by atoms with Crippen molar-refractivity contribution in [2.24, 2.45) is 5.92 Å². The Morgan fingerprint density at radius 3 is 2.53 bits per heavy atom. The third kappa shape index (κ3) is 5.73. The van der Waals surface area contributed by atoms with Crippen LogP contribution in [0.2, 0.25) is 0 Å². The van der Waals surface area contributed by atoms with Gasteiger partial charge in [-0.3, -0.25) is 4.79 Å². The minimum atomic E-state index is -1.47. The molecule has 2 fully saturated rings. The SMILES string of the molecule is CSC1O[C@H]([C@H](NC(=O)[C@H]2NC[C@@H]3C=C(c4cc(F)cc(F)c4)CCO[C@@H]23)[C@H](C)Cl)C(O)[C@@H](O)[C@H]1O. The average molecular weight is 549 g/mol. The number of halogens is 3. The van der Waals surface area contributed by atoms with Crippen molar-refractivity contribution in [1.82, 2.24) is 10.6 Å². The number of aliphatic hydroxyl groups is 3. The second kappa shape index (κ2) is 11.6. The molecule has 3 aliphatic heterocycles. The Kier molecular flexibility index (Phi) is 8.94. The van der Waals surface area contributed by atoms with E-state index in [2.05, 4.69) is 10.6 Å². The van der Waals surface area contributed by atoms with Gasteiger partial charge in [-0.1, -0.05) is 6.08 Å². The highest BCUT2D eigenvalue weighted by Gasteiger charge is 2.49. The summed E-state index contributed by atoms with van der Waals surface area (Å²) in [6.45, 7) is 2.30. The van der Waals surface area contributed by atoms with E-state index >= 15 is 0 Å². The van der Waals surface area contributed by atoms with Gasteiger partial charge in [-0.15, -0.1) is 23.4 Å². The first-order chi connectivity index (χ1) is 17.1. The molecule has 3 heterocycles. The van der Waals surface area contributed by atoms with Gasteiger partial charge in [0, 0.05) is 18.5 Å². The number of amides is 1. The maximum atomic E-state index is 13.7. The van der Waals surface area contributed by atoms with Crippen molar-refractivity contribution < 1.29 is 38.4 Å². The van der Waals surface area contributed by atoms with Gasteiger partial charge in [0.05, 0.1) is 24.1 Å². The van der Waals surface area contributed by atoms with Gasteiger partial charge in [0.15, 0.2) is 0 Å². The van der Waals surface area contributed by atoms with Crippen LogP contribution in [0.15, 0.2) is 24.3 Å². The molecule has 12 heteroatoms. The summed E-state index contributed by atoms with van der Waals surface area (Å²) in [5.41, 5.74) is 0.372. The molecule has 0 spiro atoms. The van der Waals surface area contributed by atoms with E-state index in [0.29, 0.717) is 18.5 Å². The second-order valence-electron chi connectivity index (χ2n) is 9.37. The van der Waals surface area contributed by atoms with Gasteiger partial charge in [0.25, 0.3) is 0 Å². The number of alkyl halides is 1. The van der Waals surface area contributed by atoms with Crippen LogP contribution in [-0.2, 0) is 14.3 Å². The molecule has 1 aromatic rings. The Balaban J connectivity index is 1.49. The van der Waals surface area contributed by atoms with Crippen LogP contribution < -0.4 is 10.6 Å². The van der Waals surface area contributed by atoms with E-state index in [1.54, 1.807) is 13.2 Å². The fourth-order valence-corrected chi connectivity index (χ4v) is 5.95. The predicted molar refractivity (Wildman–Crippen MR) is 131 cm³/mol. The normalized spacial score (nSPS) is 36.4. The van der Waals surface area contributed by atoms with Gasteiger partial charge in [0.1, 0.15) is 47.5 Å². The Morgan fingerprint density at radius 2 is 1.89 bits per heavy atom. The van der Waals surface area contributed by atoms with Crippen molar-refractivity contribution >= 4 is 34.8 Å². The summed E-state index contributed by atoms with van der Waals surface area (Å²) in [5.74, 6) is -1.97. The average Bonchev–Trinajstić information content (AvgIpc) is 3.10. The topological polar surface area (TPSA) is 120 Å². The van der Waals surface area contributed by atoms with Crippen LogP contribution in [0.4, 0.5) is 8.78 Å². The van der Waals surface area contributed by atoms with Crippen LogP contribution in [-0.4, -0.2) is 94.1 Å². The Hall–Kier alpha value is -1.31. The number of aliphatic hydroxyl groups excluding tert-OH is 3. The van der Waals surface area contributed by atoms with Gasteiger partial charge in [-0.05, 0) is 42.9 Å². The van der Waals surface area contributed by atoms with E-state index < -0.39 is 71.0 Å². The van der Waals surface area contributed by atoms with E-state index in [4.69, 9.17) is 21.1 Å². The van der Waals surface area contributed by atoms with E-state index in [-0.39, 0.29) is 12.5 Å². The van der Waals surface area contributed by atoms with Gasteiger partial charge >= 0.3 is 0 Å². The van der Waals surface area contributed by atoms with Crippen molar-refractivity contribution in [3.05, 3.63) is 41.5 Å². The number of fused-ring (bicyclic) bond motifs is 1. The number of benzene rings is 1. The van der Waals surface area contributed by atoms with Gasteiger partial charge in [-0.2, -0.15) is 0 Å². The molecule has 1 amide bonds. The summed E-state index contributed by atoms with van der Waals surface area (Å²) in [6, 6.07) is 1.74. The molecule has 4 rings (SSSR count). The lowest BCUT2D eigenvalue weighted by Crippen LogP contribution is -2.65. The number of carbonyl (C=O) groups is 1. The lowest BCUT2D eigenvalue weighted by atomic mass is 9.92. The highest BCUT2D eigenvalue weighted by Crippen LogP contribution is 2.33. The number of carbonyl (C=O) groups excluding carboxylic acids is 1. The van der Waals surface area contributed by atoms with E-state index in [1.807, 2.05) is 6.08 Å². The van der Waals surface area contributed by atoms with Gasteiger partial charge < -0.3 is 35.4 Å². The maximum absolute atomic E-state index is 13.7. The smallest absolute Gasteiger partial charge is 0.240 e. The molecular formula is C24H31ClF2N2O6S. The maximum Gasteiger partial charge on any atom is 0.240 e. The highest BCUT2D eigenvalue weighted by atomic mass is 35.5. The molecule has 2 saturated heterocycles. The van der Waals surface area contributed by atoms with E-state index in [0.717, 1.165) is 11.6 Å². The first-order valence-corrected chi connectivity index (χ1v) is 13.5. The predicted octanol–water partition coefficient (Wildman–Crippen LogP) is 1.01. The van der Waals surface area contributed by atoms with Crippen molar-refractivity contribution in [2.45, 2.75) is 66.8 Å². The van der Waals surface area contributed by atoms with Crippen LogP contribution in [0.5, 0.6) is 0 Å². The molecule has 0 radical (unpaired) electrons. The molecule has 200 valence electrons. The summed E-state index contributed by atoms with van der Waals surface area (Å²) in [4.78, 5) is 13.3. The first kappa shape index (κ1) is 27.7. The summed E-state index contributed by atoms with van der Waals surface area (Å²) in [7, 11) is 0. The van der Waals surface area contributed by atoms with E-state index in [1.165, 1.54) is 23.9 Å². The molecule has 36 heavy (non-hydrogen) atoms. The molecule has 5 N–H and O–H groups in total. The number of ether oxygens (including phenoxy) is 2. The summed E-state index contributed by atoms with van der Waals surface area (Å²) >= 11 is 7.53. The van der Waals surface area contributed by atoms with Crippen LogP contribution in [0.1, 0.15) is 18.9 Å². The van der Waals surface area contributed by atoms with Crippen molar-refractivity contribution in [2.75, 3.05) is 19.4 Å². The van der Waals surface area contributed by atoms with Crippen molar-refractivity contribution in [3.8, 4) is 0 Å². The Labute approximate surface area is 217 Å². The second-order valence-corrected chi connectivity index (χ2v) is 11.0. The van der Waals surface area contributed by atoms with Crippen LogP contribution in [0.3, 0.4) is 0 Å². The number of rotatable bonds is 6. The molecule has 2 unspecified atom stereocenters. The largest absolute Gasteiger partial charge is 0.388 e. The van der Waals surface area contributed by atoms with Crippen LogP contribution in [0.25, 0.3) is 5.57 Å². The molecule has 10 atom stereocenters. The van der Waals surface area contributed by atoms with Gasteiger partial charge in [0.2, 0.25) is 5.91 Å². The summed E-state index contributed by atoms with van der Waals surface area (Å²) < 4.78 is 39.3. The molecule has 1 aromatic carbocycles. The molecule has 3 aliphatic rings. The number of hydrogen-bond acceptors (Lipinski definition) is 8. The number of hydrogen-bond donors (Lipinski definition) is 5. The molecule has 8 nitrogen and oxygen atoms in total. The molecular weight excluding hydrogens is 518 g/mol. The lowest BCUT2D eigenvalue weighted by Gasteiger charge is -2.44. The van der Waals surface area contributed by atoms with Crippen molar-refractivity contribution in [1.29, 1.82) is 0 Å². The number of thioether (sulfide) groups is 1. The monoisotopic (exact) mass is 548 g/mol. The minimum absolute atomic E-state index is 0.217. The molecule has 0 aliphatic carbocycles. The third-order valence-corrected chi connectivity index (χ3v) is 8.06. The highest BCUT2D eigenvalue weighted by molar-refractivity contribution is 7.99. The fraction of sp³-hybridized carbons (Fsp3) is 0.625. The summed E-state index contributed by atoms with van der Waals surface area (Å²) in [6.07, 6.45) is -1.80. The Morgan fingerprint density at radius 1 is 1.19 bits per heavy atom. The summed E-state index contributed by atoms with van der Waals surface area (Å²) in [5, 5.41) is 36.3. The molecule has 0 bridgehead atoms. The fourth-order valence-electron chi connectivity index (χ4n) is 5.06.